The van der Waals surface area contributed by atoms with E-state index < -0.39 is 0 Å². The van der Waals surface area contributed by atoms with Crippen molar-refractivity contribution in [2.24, 2.45) is 11.8 Å². The van der Waals surface area contributed by atoms with E-state index in [2.05, 4.69) is 26.5 Å². The third kappa shape index (κ3) is 7.75. The summed E-state index contributed by atoms with van der Waals surface area (Å²) in [7, 11) is 6.19. The Balaban J connectivity index is 0.000000218. The van der Waals surface area contributed by atoms with E-state index >= 15 is 0 Å². The van der Waals surface area contributed by atoms with E-state index in [-0.39, 0.29) is 17.8 Å². The van der Waals surface area contributed by atoms with Crippen LogP contribution in [-0.2, 0) is 14.3 Å². The maximum atomic E-state index is 11.7. The first-order valence-corrected chi connectivity index (χ1v) is 12.9. The van der Waals surface area contributed by atoms with Crippen LogP contribution in [0, 0.1) is 11.8 Å². The molecule has 0 aromatic carbocycles. The molecular formula is C28H36N4O7. The quantitative estimate of drug-likeness (QED) is 0.336. The molecule has 2 aromatic rings. The molecule has 0 fully saturated rings. The first-order valence-electron chi connectivity index (χ1n) is 12.9. The van der Waals surface area contributed by atoms with E-state index in [1.165, 1.54) is 14.2 Å². The van der Waals surface area contributed by atoms with Gasteiger partial charge in [0.15, 0.2) is 11.5 Å². The van der Waals surface area contributed by atoms with Crippen LogP contribution in [0.4, 0.5) is 0 Å². The average Bonchev–Trinajstić information content (AvgIpc) is 3.00. The van der Waals surface area contributed by atoms with Gasteiger partial charge >= 0.3 is 5.97 Å². The predicted octanol–water partition coefficient (Wildman–Crippen LogP) is 4.12. The Labute approximate surface area is 228 Å². The number of methoxy groups -OCH3 is 4. The number of carbonyl (C=O) groups excluding carboxylic acids is 2. The van der Waals surface area contributed by atoms with Gasteiger partial charge in [-0.05, 0) is 56.6 Å². The molecule has 0 spiro atoms. The lowest BCUT2D eigenvalue weighted by Crippen LogP contribution is -2.19. The fraction of sp³-hybridized carbons (Fsp3) is 0.500. The highest BCUT2D eigenvalue weighted by Crippen LogP contribution is 2.34. The molecular weight excluding hydrogens is 504 g/mol. The lowest BCUT2D eigenvalue weighted by atomic mass is 9.88. The minimum atomic E-state index is -0.119. The molecule has 0 bridgehead atoms. The van der Waals surface area contributed by atoms with Gasteiger partial charge in [0.2, 0.25) is 0 Å². The van der Waals surface area contributed by atoms with Crippen molar-refractivity contribution in [2.75, 3.05) is 35.0 Å². The van der Waals surface area contributed by atoms with Gasteiger partial charge in [0, 0.05) is 18.1 Å². The molecule has 2 aromatic heterocycles. The summed E-state index contributed by atoms with van der Waals surface area (Å²) in [6.07, 6.45) is 9.79. The van der Waals surface area contributed by atoms with Crippen molar-refractivity contribution in [3.05, 3.63) is 35.7 Å². The number of aldehydes is 1. The van der Waals surface area contributed by atoms with Crippen LogP contribution in [0.25, 0.3) is 11.1 Å². The Kier molecular flexibility index (Phi) is 11.2. The normalized spacial score (nSPS) is 18.4. The predicted molar refractivity (Wildman–Crippen MR) is 144 cm³/mol. The lowest BCUT2D eigenvalue weighted by molar-refractivity contribution is -0.148. The van der Waals surface area contributed by atoms with Gasteiger partial charge in [0.1, 0.15) is 6.29 Å². The number of rotatable bonds is 9. The summed E-state index contributed by atoms with van der Waals surface area (Å²) in [6, 6.07) is 3.63. The van der Waals surface area contributed by atoms with Crippen LogP contribution in [0.5, 0.6) is 23.3 Å². The number of hydrogen-bond donors (Lipinski definition) is 0. The maximum absolute atomic E-state index is 11.7. The van der Waals surface area contributed by atoms with Crippen LogP contribution in [0.3, 0.4) is 0 Å². The second-order valence-corrected chi connectivity index (χ2v) is 8.97. The highest BCUT2D eigenvalue weighted by molar-refractivity contribution is 5.75. The molecule has 0 amide bonds. The van der Waals surface area contributed by atoms with Crippen molar-refractivity contribution in [1.82, 2.24) is 20.4 Å². The lowest BCUT2D eigenvalue weighted by Gasteiger charge is -2.20. The molecule has 11 heteroatoms. The van der Waals surface area contributed by atoms with E-state index in [9.17, 15) is 9.59 Å². The monoisotopic (exact) mass is 540 g/mol. The summed E-state index contributed by atoms with van der Waals surface area (Å²) in [5, 5.41) is 16.2. The molecule has 0 aliphatic heterocycles. The molecule has 2 unspecified atom stereocenters. The van der Waals surface area contributed by atoms with Crippen molar-refractivity contribution in [2.45, 2.75) is 45.4 Å². The number of hydrogen-bond acceptors (Lipinski definition) is 11. The zero-order chi connectivity index (χ0) is 28.2. The zero-order valence-electron chi connectivity index (χ0n) is 23.1. The van der Waals surface area contributed by atoms with Gasteiger partial charge in [-0.2, -0.15) is 0 Å². The van der Waals surface area contributed by atoms with Crippen molar-refractivity contribution in [3.63, 3.8) is 0 Å². The van der Waals surface area contributed by atoms with Gasteiger partial charge in [-0.1, -0.05) is 12.2 Å². The number of nitrogens with zero attached hydrogens (tertiary/aromatic N) is 4. The van der Waals surface area contributed by atoms with E-state index in [1.54, 1.807) is 14.2 Å². The Hall–Kier alpha value is -4.02. The topological polar surface area (TPSA) is 132 Å². The summed E-state index contributed by atoms with van der Waals surface area (Å²) in [5.74, 6) is 1.83. The molecule has 4 rings (SSSR count). The van der Waals surface area contributed by atoms with Gasteiger partial charge in [-0.3, -0.25) is 4.79 Å². The Morgan fingerprint density at radius 3 is 1.74 bits per heavy atom. The highest BCUT2D eigenvalue weighted by atomic mass is 16.5. The fourth-order valence-corrected chi connectivity index (χ4v) is 4.37. The third-order valence-electron chi connectivity index (χ3n) is 6.61. The van der Waals surface area contributed by atoms with Crippen LogP contribution in [0.15, 0.2) is 24.3 Å². The summed E-state index contributed by atoms with van der Waals surface area (Å²) >= 11 is 0. The molecule has 2 aliphatic rings. The van der Waals surface area contributed by atoms with Crippen LogP contribution in [0.2, 0.25) is 0 Å². The molecule has 11 nitrogen and oxygen atoms in total. The second-order valence-electron chi connectivity index (χ2n) is 8.97. The van der Waals surface area contributed by atoms with Gasteiger partial charge in [-0.15, -0.1) is 20.4 Å². The molecule has 0 saturated carbocycles. The van der Waals surface area contributed by atoms with Gasteiger partial charge < -0.3 is 28.5 Å². The van der Waals surface area contributed by atoms with E-state index in [0.717, 1.165) is 60.9 Å². The minimum Gasteiger partial charge on any atom is -0.491 e. The van der Waals surface area contributed by atoms with Gasteiger partial charge in [-0.25, -0.2) is 0 Å². The average molecular weight is 541 g/mol. The molecule has 2 aliphatic carbocycles. The summed E-state index contributed by atoms with van der Waals surface area (Å²) in [6.45, 7) is 2.24. The standard InChI is InChI=1S/C15H20N2O4.C13H16N2O3/c1-4-21-15(18)11-7-5-10(6-8-11)12-9-13(19-2)14(20-3)17-16-12;1-17-12-7-11(14-15-13(12)18-2)10-5-3-9(8-16)4-6-10/h5,9,11H,4,6-8H2,1-3H3;5,7-9H,3-4,6H2,1-2H3. The van der Waals surface area contributed by atoms with Crippen LogP contribution in [-0.4, -0.2) is 67.7 Å². The Bertz CT molecular complexity index is 1200. The largest absolute Gasteiger partial charge is 0.491 e. The molecule has 2 heterocycles. The second kappa shape index (κ2) is 14.8. The number of ether oxygens (including phenoxy) is 5. The summed E-state index contributed by atoms with van der Waals surface area (Å²) in [4.78, 5) is 22.4. The molecule has 2 atom stereocenters. The highest BCUT2D eigenvalue weighted by Gasteiger charge is 2.24. The number of carbonyl (C=O) groups is 2. The SMILES string of the molecule is CCOC(=O)C1CC=C(c2cc(OC)c(OC)nn2)CC1.COc1cc(C2=CCC(C=O)CC2)nnc1OC. The van der Waals surface area contributed by atoms with Crippen LogP contribution < -0.4 is 18.9 Å². The molecule has 0 radical (unpaired) electrons. The van der Waals surface area contributed by atoms with Crippen molar-refractivity contribution >= 4 is 23.4 Å². The Morgan fingerprint density at radius 2 is 1.36 bits per heavy atom. The Morgan fingerprint density at radius 1 is 0.821 bits per heavy atom. The van der Waals surface area contributed by atoms with Crippen molar-refractivity contribution in [3.8, 4) is 23.3 Å². The minimum absolute atomic E-state index is 0.0539. The van der Waals surface area contributed by atoms with Crippen LogP contribution >= 0.6 is 0 Å². The van der Waals surface area contributed by atoms with Gasteiger partial charge in [0.05, 0.1) is 52.4 Å². The first kappa shape index (κ1) is 29.5. The molecule has 210 valence electrons. The number of allylic oxidation sites excluding steroid dienone is 4. The van der Waals surface area contributed by atoms with Crippen LogP contribution in [0.1, 0.15) is 56.8 Å². The van der Waals surface area contributed by atoms with E-state index in [4.69, 9.17) is 23.7 Å². The zero-order valence-corrected chi connectivity index (χ0v) is 23.1. The molecule has 0 saturated heterocycles. The van der Waals surface area contributed by atoms with Crippen molar-refractivity contribution in [1.29, 1.82) is 0 Å². The molecule has 39 heavy (non-hydrogen) atoms. The molecule has 0 N–H and O–H groups in total. The third-order valence-corrected chi connectivity index (χ3v) is 6.61. The fourth-order valence-electron chi connectivity index (χ4n) is 4.37. The summed E-state index contributed by atoms with van der Waals surface area (Å²) < 4.78 is 25.6. The van der Waals surface area contributed by atoms with E-state index in [0.29, 0.717) is 36.3 Å². The number of esters is 1. The summed E-state index contributed by atoms with van der Waals surface area (Å²) in [5.41, 5.74) is 3.73. The first-order chi connectivity index (χ1) is 19.0. The number of aromatic nitrogens is 4. The van der Waals surface area contributed by atoms with E-state index in [1.807, 2.05) is 25.1 Å². The smallest absolute Gasteiger partial charge is 0.309 e. The van der Waals surface area contributed by atoms with Gasteiger partial charge in [0.25, 0.3) is 11.8 Å². The maximum Gasteiger partial charge on any atom is 0.309 e. The van der Waals surface area contributed by atoms with Crippen molar-refractivity contribution < 1.29 is 33.3 Å².